The molecule has 0 atom stereocenters. The zero-order valence-corrected chi connectivity index (χ0v) is 11.8. The number of nitrogens with zero attached hydrogens (tertiary/aromatic N) is 1. The van der Waals surface area contributed by atoms with Crippen molar-refractivity contribution in [2.24, 2.45) is 5.92 Å². The molecule has 4 nitrogen and oxygen atoms in total. The van der Waals surface area contributed by atoms with E-state index in [0.29, 0.717) is 6.61 Å². The van der Waals surface area contributed by atoms with Crippen molar-refractivity contribution in [1.29, 1.82) is 0 Å². The van der Waals surface area contributed by atoms with Crippen LogP contribution < -0.4 is 4.74 Å². The number of rotatable bonds is 8. The summed E-state index contributed by atoms with van der Waals surface area (Å²) >= 11 is 0. The topological polar surface area (TPSA) is 49.8 Å². The van der Waals surface area contributed by atoms with Gasteiger partial charge in [-0.15, -0.1) is 0 Å². The second kappa shape index (κ2) is 7.10. The number of carboxylic acid groups (broad SMARTS) is 1. The van der Waals surface area contributed by atoms with Gasteiger partial charge in [0.1, 0.15) is 12.4 Å². The Morgan fingerprint density at radius 1 is 1.50 bits per heavy atom. The van der Waals surface area contributed by atoms with Crippen molar-refractivity contribution < 1.29 is 14.6 Å². The summed E-state index contributed by atoms with van der Waals surface area (Å²) in [6.45, 7) is 2.71. The molecule has 4 heteroatoms. The highest BCUT2D eigenvalue weighted by Gasteiger charge is 2.22. The van der Waals surface area contributed by atoms with Gasteiger partial charge in [-0.1, -0.05) is 12.1 Å². The van der Waals surface area contributed by atoms with E-state index < -0.39 is 5.97 Å². The van der Waals surface area contributed by atoms with Crippen LogP contribution in [0.3, 0.4) is 0 Å². The number of ether oxygens (including phenoxy) is 1. The van der Waals surface area contributed by atoms with Gasteiger partial charge in [0.25, 0.3) is 0 Å². The average Bonchev–Trinajstić information content (AvgIpc) is 3.21. The monoisotopic (exact) mass is 275 g/mol. The van der Waals surface area contributed by atoms with Crippen LogP contribution in [0.5, 0.6) is 5.75 Å². The second-order valence-corrected chi connectivity index (χ2v) is 5.30. The summed E-state index contributed by atoms with van der Waals surface area (Å²) in [5, 5.41) is 8.60. The zero-order valence-electron chi connectivity index (χ0n) is 11.8. The first-order chi connectivity index (χ1) is 9.63. The Labute approximate surface area is 119 Å². The average molecular weight is 275 g/mol. The number of hydrogen-bond acceptors (Lipinski definition) is 3. The van der Waals surface area contributed by atoms with E-state index in [-0.39, 0.29) is 0 Å². The van der Waals surface area contributed by atoms with Gasteiger partial charge >= 0.3 is 5.97 Å². The largest absolute Gasteiger partial charge is 0.492 e. The number of carbonyl (C=O) groups is 1. The third-order valence-corrected chi connectivity index (χ3v) is 3.28. The van der Waals surface area contributed by atoms with E-state index in [1.807, 2.05) is 24.3 Å². The standard InChI is InChI=1S/C16H21NO3/c1-17(12-14-5-6-14)9-10-20-15-4-2-3-13(11-15)7-8-16(18)19/h2-4,7-8,11,14H,5-6,9-10,12H2,1H3,(H,18,19). The molecule has 1 saturated carbocycles. The van der Waals surface area contributed by atoms with Gasteiger partial charge in [-0.25, -0.2) is 4.79 Å². The number of hydrogen-bond donors (Lipinski definition) is 1. The van der Waals surface area contributed by atoms with E-state index in [0.717, 1.165) is 36.4 Å². The fourth-order valence-corrected chi connectivity index (χ4v) is 2.03. The van der Waals surface area contributed by atoms with Gasteiger partial charge in [-0.2, -0.15) is 0 Å². The highest BCUT2D eigenvalue weighted by molar-refractivity contribution is 5.85. The summed E-state index contributed by atoms with van der Waals surface area (Å²) in [5.41, 5.74) is 0.830. The quantitative estimate of drug-likeness (QED) is 0.741. The number of aliphatic carboxylic acids is 1. The molecule has 1 aromatic carbocycles. The second-order valence-electron chi connectivity index (χ2n) is 5.30. The normalized spacial score (nSPS) is 14.9. The third-order valence-electron chi connectivity index (χ3n) is 3.28. The molecular formula is C16H21NO3. The van der Waals surface area contributed by atoms with Crippen molar-refractivity contribution in [3.05, 3.63) is 35.9 Å². The van der Waals surface area contributed by atoms with Crippen LogP contribution in [0.25, 0.3) is 6.08 Å². The van der Waals surface area contributed by atoms with Crippen molar-refractivity contribution in [3.63, 3.8) is 0 Å². The van der Waals surface area contributed by atoms with Gasteiger partial charge in [-0.3, -0.25) is 0 Å². The number of benzene rings is 1. The summed E-state index contributed by atoms with van der Waals surface area (Å²) in [6.07, 6.45) is 5.42. The van der Waals surface area contributed by atoms with Crippen molar-refractivity contribution in [2.75, 3.05) is 26.7 Å². The van der Waals surface area contributed by atoms with Gasteiger partial charge < -0.3 is 14.7 Å². The maximum Gasteiger partial charge on any atom is 0.328 e. The fourth-order valence-electron chi connectivity index (χ4n) is 2.03. The van der Waals surface area contributed by atoms with Crippen LogP contribution in [0.15, 0.2) is 30.3 Å². The molecule has 1 aliphatic rings. The molecule has 0 aromatic heterocycles. The van der Waals surface area contributed by atoms with Crippen LogP contribution >= 0.6 is 0 Å². The maximum atomic E-state index is 10.5. The molecule has 0 aliphatic heterocycles. The van der Waals surface area contributed by atoms with E-state index in [4.69, 9.17) is 9.84 Å². The first-order valence-corrected chi connectivity index (χ1v) is 6.96. The van der Waals surface area contributed by atoms with Gasteiger partial charge in [0.15, 0.2) is 0 Å². The molecule has 0 amide bonds. The molecule has 1 aliphatic carbocycles. The Hall–Kier alpha value is -1.81. The molecular weight excluding hydrogens is 254 g/mol. The Morgan fingerprint density at radius 2 is 2.30 bits per heavy atom. The van der Waals surface area contributed by atoms with Gasteiger partial charge in [0.05, 0.1) is 0 Å². The minimum absolute atomic E-state index is 0.648. The molecule has 20 heavy (non-hydrogen) atoms. The lowest BCUT2D eigenvalue weighted by Crippen LogP contribution is -2.26. The van der Waals surface area contributed by atoms with Gasteiger partial charge in [-0.05, 0) is 49.6 Å². The first kappa shape index (κ1) is 14.6. The van der Waals surface area contributed by atoms with Crippen molar-refractivity contribution in [2.45, 2.75) is 12.8 Å². The van der Waals surface area contributed by atoms with E-state index in [2.05, 4.69) is 11.9 Å². The Balaban J connectivity index is 1.77. The molecule has 0 spiro atoms. The first-order valence-electron chi connectivity index (χ1n) is 6.96. The van der Waals surface area contributed by atoms with E-state index >= 15 is 0 Å². The van der Waals surface area contributed by atoms with Crippen LogP contribution in [0.2, 0.25) is 0 Å². The molecule has 1 aromatic rings. The molecule has 1 fully saturated rings. The lowest BCUT2D eigenvalue weighted by molar-refractivity contribution is -0.131. The molecule has 2 rings (SSSR count). The van der Waals surface area contributed by atoms with Crippen LogP contribution in [0.1, 0.15) is 18.4 Å². The summed E-state index contributed by atoms with van der Waals surface area (Å²) in [6, 6.07) is 7.45. The summed E-state index contributed by atoms with van der Waals surface area (Å²) < 4.78 is 5.70. The molecule has 0 bridgehead atoms. The molecule has 1 N–H and O–H groups in total. The van der Waals surface area contributed by atoms with E-state index in [1.54, 1.807) is 6.08 Å². The minimum Gasteiger partial charge on any atom is -0.492 e. The van der Waals surface area contributed by atoms with Gasteiger partial charge in [0, 0.05) is 19.2 Å². The number of carboxylic acids is 1. The number of likely N-dealkylation sites (N-methyl/N-ethyl adjacent to an activating group) is 1. The molecule has 108 valence electrons. The lowest BCUT2D eigenvalue weighted by Gasteiger charge is -2.16. The summed E-state index contributed by atoms with van der Waals surface area (Å²) in [4.78, 5) is 12.8. The zero-order chi connectivity index (χ0) is 14.4. The molecule has 0 unspecified atom stereocenters. The van der Waals surface area contributed by atoms with Crippen molar-refractivity contribution in [1.82, 2.24) is 4.90 Å². The maximum absolute atomic E-state index is 10.5. The predicted molar refractivity (Wildman–Crippen MR) is 78.8 cm³/mol. The molecule has 0 radical (unpaired) electrons. The minimum atomic E-state index is -0.946. The summed E-state index contributed by atoms with van der Waals surface area (Å²) in [7, 11) is 2.12. The molecule has 0 heterocycles. The Kier molecular flexibility index (Phi) is 5.18. The predicted octanol–water partition coefficient (Wildman–Crippen LogP) is 2.51. The van der Waals surface area contributed by atoms with Crippen LogP contribution in [-0.2, 0) is 4.79 Å². The highest BCUT2D eigenvalue weighted by atomic mass is 16.5. The lowest BCUT2D eigenvalue weighted by atomic mass is 10.2. The summed E-state index contributed by atoms with van der Waals surface area (Å²) in [5.74, 6) is 0.722. The highest BCUT2D eigenvalue weighted by Crippen LogP contribution is 2.29. The third kappa shape index (κ3) is 5.45. The van der Waals surface area contributed by atoms with Gasteiger partial charge in [0.2, 0.25) is 0 Å². The van der Waals surface area contributed by atoms with Crippen LogP contribution in [0.4, 0.5) is 0 Å². The van der Waals surface area contributed by atoms with E-state index in [1.165, 1.54) is 12.8 Å². The molecule has 0 saturated heterocycles. The van der Waals surface area contributed by atoms with Crippen molar-refractivity contribution >= 4 is 12.0 Å². The smallest absolute Gasteiger partial charge is 0.328 e. The van der Waals surface area contributed by atoms with Crippen LogP contribution in [-0.4, -0.2) is 42.7 Å². The SMILES string of the molecule is CN(CCOc1cccc(C=CC(=O)O)c1)CC1CC1. The van der Waals surface area contributed by atoms with E-state index in [9.17, 15) is 4.79 Å². The Bertz CT molecular complexity index is 480. The van der Waals surface area contributed by atoms with Crippen molar-refractivity contribution in [3.8, 4) is 5.75 Å². The fraction of sp³-hybridized carbons (Fsp3) is 0.438. The van der Waals surface area contributed by atoms with Crippen LogP contribution in [0, 0.1) is 5.92 Å². The Morgan fingerprint density at radius 3 is 3.00 bits per heavy atom.